The van der Waals surface area contributed by atoms with E-state index in [1.54, 1.807) is 0 Å². The average Bonchev–Trinajstić information content (AvgIpc) is 1.91. The minimum absolute atomic E-state index is 0.314. The zero-order chi connectivity index (χ0) is 7.11. The third kappa shape index (κ3) is 3.64. The predicted molar refractivity (Wildman–Crippen MR) is 28.8 cm³/mol. The van der Waals surface area contributed by atoms with Gasteiger partial charge in [-0.2, -0.15) is 0 Å². The highest BCUT2D eigenvalue weighted by Gasteiger charge is 2.02. The van der Waals surface area contributed by atoms with E-state index in [9.17, 15) is 0 Å². The average molecular weight is 132 g/mol. The molecule has 4 nitrogen and oxygen atoms in total. The Morgan fingerprint density at radius 3 is 2.22 bits per heavy atom. The topological polar surface area (TPSA) is 69.9 Å². The maximum absolute atomic E-state index is 8.32. The number of ether oxygens (including phenoxy) is 1. The van der Waals surface area contributed by atoms with E-state index in [4.69, 9.17) is 15.3 Å². The third-order valence-electron chi connectivity index (χ3n) is 0.679. The molecule has 0 aliphatic rings. The molecule has 0 aromatic rings. The van der Waals surface area contributed by atoms with Crippen LogP contribution in [-0.4, -0.2) is 34.6 Å². The minimum atomic E-state index is -0.718. The lowest BCUT2D eigenvalue weighted by Gasteiger charge is -2.05. The molecule has 0 heterocycles. The van der Waals surface area contributed by atoms with Crippen molar-refractivity contribution < 1.29 is 20.1 Å². The van der Waals surface area contributed by atoms with Gasteiger partial charge < -0.3 is 20.1 Å². The van der Waals surface area contributed by atoms with E-state index in [1.165, 1.54) is 6.11 Å². The van der Waals surface area contributed by atoms with Gasteiger partial charge in [0.2, 0.25) is 0 Å². The monoisotopic (exact) mass is 132 g/mol. The Morgan fingerprint density at radius 1 is 1.33 bits per heavy atom. The smallest absolute Gasteiger partial charge is 0.156 e. The van der Waals surface area contributed by atoms with Crippen molar-refractivity contribution in [1.29, 1.82) is 0 Å². The maximum atomic E-state index is 8.32. The van der Waals surface area contributed by atoms with E-state index in [-0.39, 0.29) is 13.2 Å². The van der Waals surface area contributed by atoms with Gasteiger partial charge in [0.1, 0.15) is 0 Å². The minimum Gasteiger partial charge on any atom is -0.460 e. The molecule has 0 aromatic carbocycles. The fourth-order valence-corrected chi connectivity index (χ4v) is 0.242. The molecular formula is C5H8O4. The summed E-state index contributed by atoms with van der Waals surface area (Å²) in [6, 6.07) is 0. The van der Waals surface area contributed by atoms with Crippen LogP contribution in [-0.2, 0) is 4.74 Å². The SMILES string of the molecule is OC#COC(CO)CO. The van der Waals surface area contributed by atoms with Gasteiger partial charge in [-0.1, -0.05) is 0 Å². The fourth-order valence-electron chi connectivity index (χ4n) is 0.242. The van der Waals surface area contributed by atoms with E-state index in [0.29, 0.717) is 0 Å². The molecule has 4 heteroatoms. The van der Waals surface area contributed by atoms with Gasteiger partial charge in [0.05, 0.1) is 13.2 Å². The highest BCUT2D eigenvalue weighted by molar-refractivity contribution is 4.79. The molecule has 0 bridgehead atoms. The molecule has 0 radical (unpaired) electrons. The lowest BCUT2D eigenvalue weighted by molar-refractivity contribution is 0.0427. The van der Waals surface area contributed by atoms with Gasteiger partial charge in [-0.3, -0.25) is 0 Å². The Kier molecular flexibility index (Phi) is 4.69. The number of hydrogen-bond donors (Lipinski definition) is 3. The second kappa shape index (κ2) is 5.22. The quantitative estimate of drug-likeness (QED) is 0.415. The van der Waals surface area contributed by atoms with Crippen LogP contribution in [0.2, 0.25) is 0 Å². The molecule has 3 N–H and O–H groups in total. The largest absolute Gasteiger partial charge is 0.460 e. The molecule has 0 saturated carbocycles. The highest BCUT2D eigenvalue weighted by atomic mass is 16.5. The van der Waals surface area contributed by atoms with Gasteiger partial charge in [0, 0.05) is 0 Å². The summed E-state index contributed by atoms with van der Waals surface area (Å²) in [5.41, 5.74) is 0. The third-order valence-corrected chi connectivity index (χ3v) is 0.679. The van der Waals surface area contributed by atoms with Crippen LogP contribution in [0.15, 0.2) is 0 Å². The molecule has 9 heavy (non-hydrogen) atoms. The van der Waals surface area contributed by atoms with Crippen LogP contribution < -0.4 is 0 Å². The van der Waals surface area contributed by atoms with Gasteiger partial charge in [0.25, 0.3) is 0 Å². The van der Waals surface area contributed by atoms with E-state index in [0.717, 1.165) is 0 Å². The van der Waals surface area contributed by atoms with Crippen LogP contribution in [0.1, 0.15) is 0 Å². The first kappa shape index (κ1) is 8.08. The van der Waals surface area contributed by atoms with Crippen LogP contribution in [0.4, 0.5) is 0 Å². The van der Waals surface area contributed by atoms with Crippen molar-refractivity contribution in [2.24, 2.45) is 0 Å². The fraction of sp³-hybridized carbons (Fsp3) is 0.600. The summed E-state index contributed by atoms with van der Waals surface area (Å²) in [7, 11) is 0. The van der Waals surface area contributed by atoms with E-state index in [2.05, 4.69) is 4.74 Å². The first-order valence-electron chi connectivity index (χ1n) is 2.36. The molecular weight excluding hydrogens is 124 g/mol. The van der Waals surface area contributed by atoms with E-state index < -0.39 is 6.10 Å². The van der Waals surface area contributed by atoms with Gasteiger partial charge in [-0.05, 0) is 0 Å². The van der Waals surface area contributed by atoms with Gasteiger partial charge in [0.15, 0.2) is 18.3 Å². The summed E-state index contributed by atoms with van der Waals surface area (Å²) in [4.78, 5) is 0. The molecule has 52 valence electrons. The van der Waals surface area contributed by atoms with Crippen molar-refractivity contribution in [3.8, 4) is 12.2 Å². The summed E-state index contributed by atoms with van der Waals surface area (Å²) in [5, 5.41) is 24.5. The predicted octanol–water partition coefficient (Wildman–Crippen LogP) is -1.35. The van der Waals surface area contributed by atoms with Crippen molar-refractivity contribution in [3.05, 3.63) is 0 Å². The van der Waals surface area contributed by atoms with Gasteiger partial charge >= 0.3 is 0 Å². The summed E-state index contributed by atoms with van der Waals surface area (Å²) in [6.07, 6.45) is 2.59. The number of hydrogen-bond acceptors (Lipinski definition) is 4. The van der Waals surface area contributed by atoms with Crippen LogP contribution in [0.25, 0.3) is 0 Å². The second-order valence-electron chi connectivity index (χ2n) is 1.32. The Labute approximate surface area is 52.7 Å². The summed E-state index contributed by atoms with van der Waals surface area (Å²) >= 11 is 0. The molecule has 0 atom stereocenters. The second-order valence-corrected chi connectivity index (χ2v) is 1.32. The van der Waals surface area contributed by atoms with E-state index >= 15 is 0 Å². The molecule has 0 aliphatic carbocycles. The number of aliphatic hydroxyl groups excluding tert-OH is 3. The van der Waals surface area contributed by atoms with Crippen molar-refractivity contribution in [2.45, 2.75) is 6.10 Å². The van der Waals surface area contributed by atoms with Gasteiger partial charge in [-0.25, -0.2) is 0 Å². The molecule has 0 aromatic heterocycles. The summed E-state index contributed by atoms with van der Waals surface area (Å²) < 4.78 is 4.38. The summed E-state index contributed by atoms with van der Waals surface area (Å²) in [5.74, 6) is 0. The lowest BCUT2D eigenvalue weighted by Crippen LogP contribution is -2.19. The Hall–Kier alpha value is -0.920. The van der Waals surface area contributed by atoms with Crippen molar-refractivity contribution in [1.82, 2.24) is 0 Å². The molecule has 0 saturated heterocycles. The van der Waals surface area contributed by atoms with Crippen LogP contribution in [0.5, 0.6) is 0 Å². The number of aliphatic hydroxyl groups is 3. The van der Waals surface area contributed by atoms with Gasteiger partial charge in [-0.15, -0.1) is 0 Å². The first-order chi connectivity index (χ1) is 4.35. The van der Waals surface area contributed by atoms with Crippen LogP contribution in [0.3, 0.4) is 0 Å². The van der Waals surface area contributed by atoms with Crippen LogP contribution in [0, 0.1) is 12.2 Å². The molecule has 0 fully saturated rings. The van der Waals surface area contributed by atoms with Crippen molar-refractivity contribution in [3.63, 3.8) is 0 Å². The van der Waals surface area contributed by atoms with Crippen molar-refractivity contribution in [2.75, 3.05) is 13.2 Å². The zero-order valence-corrected chi connectivity index (χ0v) is 4.74. The van der Waals surface area contributed by atoms with E-state index in [1.807, 2.05) is 6.11 Å². The molecule has 0 unspecified atom stereocenters. The standard InChI is InChI=1S/C5H8O4/c6-1-2-9-5(3-7)4-8/h5-8H,3-4H2. The molecule has 0 aliphatic heterocycles. The maximum Gasteiger partial charge on any atom is 0.156 e. The lowest BCUT2D eigenvalue weighted by atomic mass is 10.4. The normalized spacial score (nSPS) is 8.33. The Balaban J connectivity index is 3.39. The highest BCUT2D eigenvalue weighted by Crippen LogP contribution is 1.85. The Bertz CT molecular complexity index is 108. The molecule has 0 spiro atoms. The zero-order valence-electron chi connectivity index (χ0n) is 4.74. The van der Waals surface area contributed by atoms with Crippen LogP contribution >= 0.6 is 0 Å². The Morgan fingerprint density at radius 2 is 1.89 bits per heavy atom. The number of rotatable bonds is 3. The molecule has 0 amide bonds. The van der Waals surface area contributed by atoms with Crippen molar-refractivity contribution >= 4 is 0 Å². The summed E-state index contributed by atoms with van der Waals surface area (Å²) in [6.45, 7) is -0.629. The molecule has 0 rings (SSSR count). The first-order valence-corrected chi connectivity index (χ1v) is 2.36.